The molecule has 0 saturated heterocycles. The summed E-state index contributed by atoms with van der Waals surface area (Å²) in [6.07, 6.45) is 1.38. The summed E-state index contributed by atoms with van der Waals surface area (Å²) in [6.45, 7) is 6.20. The molecule has 0 bridgehead atoms. The third-order valence-electron chi connectivity index (χ3n) is 3.27. The molecular formula is C16H20N2O. The molecule has 2 aromatic rings. The molecule has 0 amide bonds. The Bertz CT molecular complexity index is 556. The molecule has 3 nitrogen and oxygen atoms in total. The molecule has 1 heterocycles. The minimum atomic E-state index is 0.141. The average Bonchev–Trinajstić information content (AvgIpc) is 2.34. The van der Waals surface area contributed by atoms with Crippen LogP contribution in [0.3, 0.4) is 0 Å². The number of nitrogens with zero attached hydrogens (tertiary/aromatic N) is 2. The maximum Gasteiger partial charge on any atom is 0.133 e. The molecule has 0 fully saturated rings. The van der Waals surface area contributed by atoms with Crippen LogP contribution < -0.4 is 0 Å². The molecule has 0 aliphatic rings. The number of hydrogen-bond donors (Lipinski definition) is 1. The highest BCUT2D eigenvalue weighted by molar-refractivity contribution is 5.28. The molecule has 3 heteroatoms. The minimum Gasteiger partial charge on any atom is -0.396 e. The molecule has 2 rings (SSSR count). The van der Waals surface area contributed by atoms with Crippen LogP contribution >= 0.6 is 0 Å². The van der Waals surface area contributed by atoms with Gasteiger partial charge in [0.2, 0.25) is 0 Å². The molecule has 1 N–H and O–H groups in total. The Labute approximate surface area is 114 Å². The van der Waals surface area contributed by atoms with Crippen LogP contribution in [-0.2, 0) is 12.8 Å². The van der Waals surface area contributed by atoms with Crippen molar-refractivity contribution in [2.45, 2.75) is 33.6 Å². The zero-order chi connectivity index (χ0) is 13.8. The van der Waals surface area contributed by atoms with Crippen LogP contribution in [0, 0.1) is 20.8 Å². The van der Waals surface area contributed by atoms with E-state index in [4.69, 9.17) is 5.11 Å². The fourth-order valence-electron chi connectivity index (χ4n) is 2.37. The number of rotatable bonds is 4. The van der Waals surface area contributed by atoms with E-state index < -0.39 is 0 Å². The Kier molecular flexibility index (Phi) is 4.27. The van der Waals surface area contributed by atoms with Gasteiger partial charge in [0.05, 0.1) is 0 Å². The Morgan fingerprint density at radius 3 is 2.32 bits per heavy atom. The van der Waals surface area contributed by atoms with Gasteiger partial charge in [-0.05, 0) is 38.3 Å². The van der Waals surface area contributed by atoms with E-state index in [-0.39, 0.29) is 6.61 Å². The third kappa shape index (κ3) is 3.38. The Hall–Kier alpha value is -1.74. The smallest absolute Gasteiger partial charge is 0.133 e. The Morgan fingerprint density at radius 2 is 1.74 bits per heavy atom. The first-order valence-corrected chi connectivity index (χ1v) is 6.59. The van der Waals surface area contributed by atoms with Gasteiger partial charge in [-0.25, -0.2) is 9.97 Å². The highest BCUT2D eigenvalue weighted by Gasteiger charge is 2.08. The van der Waals surface area contributed by atoms with E-state index in [0.717, 1.165) is 29.2 Å². The van der Waals surface area contributed by atoms with E-state index in [1.165, 1.54) is 11.1 Å². The van der Waals surface area contributed by atoms with Crippen LogP contribution in [0.5, 0.6) is 0 Å². The van der Waals surface area contributed by atoms with Gasteiger partial charge < -0.3 is 5.11 Å². The average molecular weight is 256 g/mol. The van der Waals surface area contributed by atoms with E-state index in [9.17, 15) is 0 Å². The lowest BCUT2D eigenvalue weighted by Crippen LogP contribution is -2.07. The van der Waals surface area contributed by atoms with Gasteiger partial charge >= 0.3 is 0 Å². The maximum absolute atomic E-state index is 9.05. The van der Waals surface area contributed by atoms with Gasteiger partial charge in [0.1, 0.15) is 5.82 Å². The van der Waals surface area contributed by atoms with Crippen molar-refractivity contribution in [2.24, 2.45) is 0 Å². The molecule has 1 aromatic carbocycles. The first kappa shape index (κ1) is 13.7. The van der Waals surface area contributed by atoms with Crippen LogP contribution in [0.1, 0.15) is 33.9 Å². The summed E-state index contributed by atoms with van der Waals surface area (Å²) in [6, 6.07) is 8.41. The number of benzene rings is 1. The lowest BCUT2D eigenvalue weighted by atomic mass is 10.1. The highest BCUT2D eigenvalue weighted by Crippen LogP contribution is 2.14. The van der Waals surface area contributed by atoms with Crippen LogP contribution in [-0.4, -0.2) is 21.7 Å². The van der Waals surface area contributed by atoms with Crippen LogP contribution in [0.4, 0.5) is 0 Å². The van der Waals surface area contributed by atoms with Gasteiger partial charge in [0.25, 0.3) is 0 Å². The number of aromatic nitrogens is 2. The van der Waals surface area contributed by atoms with E-state index in [1.807, 2.05) is 13.8 Å². The number of aliphatic hydroxyl groups excluding tert-OH is 1. The van der Waals surface area contributed by atoms with E-state index in [1.54, 1.807) is 0 Å². The standard InChI is InChI=1S/C16H20N2O/c1-11-5-4-6-14(9-11)10-16-17-12(2)15(7-8-19)13(3)18-16/h4-6,9,19H,7-8,10H2,1-3H3. The zero-order valence-electron chi connectivity index (χ0n) is 11.8. The summed E-state index contributed by atoms with van der Waals surface area (Å²) < 4.78 is 0. The summed E-state index contributed by atoms with van der Waals surface area (Å²) in [4.78, 5) is 9.11. The first-order chi connectivity index (χ1) is 9.10. The second-order valence-corrected chi connectivity index (χ2v) is 4.93. The normalized spacial score (nSPS) is 10.7. The van der Waals surface area contributed by atoms with E-state index >= 15 is 0 Å². The van der Waals surface area contributed by atoms with Crippen molar-refractivity contribution in [3.63, 3.8) is 0 Å². The van der Waals surface area contributed by atoms with Gasteiger partial charge in [0, 0.05) is 24.4 Å². The predicted octanol–water partition coefficient (Wildman–Crippen LogP) is 2.53. The van der Waals surface area contributed by atoms with Crippen molar-refractivity contribution in [1.29, 1.82) is 0 Å². The fraction of sp³-hybridized carbons (Fsp3) is 0.375. The van der Waals surface area contributed by atoms with Crippen molar-refractivity contribution in [3.05, 3.63) is 58.2 Å². The van der Waals surface area contributed by atoms with E-state index in [0.29, 0.717) is 6.42 Å². The first-order valence-electron chi connectivity index (χ1n) is 6.59. The van der Waals surface area contributed by atoms with Gasteiger partial charge in [-0.15, -0.1) is 0 Å². The summed E-state index contributed by atoms with van der Waals surface area (Å²) in [5, 5.41) is 9.05. The molecule has 0 radical (unpaired) electrons. The SMILES string of the molecule is Cc1cccc(Cc2nc(C)c(CCO)c(C)n2)c1. The van der Waals surface area contributed by atoms with Crippen molar-refractivity contribution in [2.75, 3.05) is 6.61 Å². The van der Waals surface area contributed by atoms with Crippen molar-refractivity contribution in [3.8, 4) is 0 Å². The van der Waals surface area contributed by atoms with Gasteiger partial charge in [-0.1, -0.05) is 29.8 Å². The number of aryl methyl sites for hydroxylation is 3. The molecular weight excluding hydrogens is 236 g/mol. The second kappa shape index (κ2) is 5.93. The quantitative estimate of drug-likeness (QED) is 0.914. The molecule has 0 aliphatic heterocycles. The van der Waals surface area contributed by atoms with Crippen molar-refractivity contribution < 1.29 is 5.11 Å². The van der Waals surface area contributed by atoms with Crippen LogP contribution in [0.15, 0.2) is 24.3 Å². The topological polar surface area (TPSA) is 46.0 Å². The van der Waals surface area contributed by atoms with Gasteiger partial charge in [-0.2, -0.15) is 0 Å². The van der Waals surface area contributed by atoms with Gasteiger partial charge in [0.15, 0.2) is 0 Å². The highest BCUT2D eigenvalue weighted by atomic mass is 16.2. The fourth-order valence-corrected chi connectivity index (χ4v) is 2.37. The second-order valence-electron chi connectivity index (χ2n) is 4.93. The predicted molar refractivity (Wildman–Crippen MR) is 76.3 cm³/mol. The number of hydrogen-bond acceptors (Lipinski definition) is 3. The molecule has 100 valence electrons. The summed E-state index contributed by atoms with van der Waals surface area (Å²) >= 11 is 0. The molecule has 1 aromatic heterocycles. The lowest BCUT2D eigenvalue weighted by Gasteiger charge is -2.10. The third-order valence-corrected chi connectivity index (χ3v) is 3.27. The van der Waals surface area contributed by atoms with Crippen LogP contribution in [0.25, 0.3) is 0 Å². The molecule has 0 unspecified atom stereocenters. The van der Waals surface area contributed by atoms with Crippen LogP contribution in [0.2, 0.25) is 0 Å². The zero-order valence-corrected chi connectivity index (χ0v) is 11.8. The molecule has 0 atom stereocenters. The van der Waals surface area contributed by atoms with Crippen molar-refractivity contribution >= 4 is 0 Å². The summed E-state index contributed by atoms with van der Waals surface area (Å²) in [5.41, 5.74) is 5.50. The molecule has 19 heavy (non-hydrogen) atoms. The monoisotopic (exact) mass is 256 g/mol. The Balaban J connectivity index is 2.27. The van der Waals surface area contributed by atoms with E-state index in [2.05, 4.69) is 41.2 Å². The lowest BCUT2D eigenvalue weighted by molar-refractivity contribution is 0.298. The van der Waals surface area contributed by atoms with Crippen molar-refractivity contribution in [1.82, 2.24) is 9.97 Å². The molecule has 0 spiro atoms. The molecule has 0 aliphatic carbocycles. The summed E-state index contributed by atoms with van der Waals surface area (Å²) in [5.74, 6) is 0.849. The minimum absolute atomic E-state index is 0.141. The summed E-state index contributed by atoms with van der Waals surface area (Å²) in [7, 11) is 0. The number of aliphatic hydroxyl groups is 1. The molecule has 0 saturated carbocycles. The van der Waals surface area contributed by atoms with Gasteiger partial charge in [-0.3, -0.25) is 0 Å². The largest absolute Gasteiger partial charge is 0.396 e. The Morgan fingerprint density at radius 1 is 1.05 bits per heavy atom. The maximum atomic E-state index is 9.05.